The molecule has 0 radical (unpaired) electrons. The van der Waals surface area contributed by atoms with Gasteiger partial charge in [0.05, 0.1) is 5.71 Å². The molecule has 0 aliphatic rings. The van der Waals surface area contributed by atoms with Crippen LogP contribution in [-0.2, 0) is 0 Å². The lowest BCUT2D eigenvalue weighted by molar-refractivity contribution is 0.319. The van der Waals surface area contributed by atoms with Crippen molar-refractivity contribution in [2.24, 2.45) is 5.16 Å². The smallest absolute Gasteiger partial charge is 0.138 e. The maximum Gasteiger partial charge on any atom is 0.138 e. The van der Waals surface area contributed by atoms with Crippen molar-refractivity contribution in [3.05, 3.63) is 29.8 Å². The Morgan fingerprint density at radius 1 is 1.54 bits per heavy atom. The Hall–Kier alpha value is -1.47. The number of thiocyanates is 1. The van der Waals surface area contributed by atoms with Crippen molar-refractivity contribution in [1.29, 1.82) is 5.26 Å². The summed E-state index contributed by atoms with van der Waals surface area (Å²) in [5.74, 6) is 0. The fraction of sp³-hybridized carbons (Fsp3) is 0.111. The first kappa shape index (κ1) is 9.62. The van der Waals surface area contributed by atoms with Crippen LogP contribution in [0.25, 0.3) is 0 Å². The van der Waals surface area contributed by atoms with Crippen LogP contribution >= 0.6 is 11.8 Å². The van der Waals surface area contributed by atoms with Crippen LogP contribution in [0.5, 0.6) is 0 Å². The molecule has 0 atom stereocenters. The number of thioether (sulfide) groups is 1. The van der Waals surface area contributed by atoms with Gasteiger partial charge in [0.2, 0.25) is 0 Å². The van der Waals surface area contributed by atoms with Crippen molar-refractivity contribution in [1.82, 2.24) is 0 Å². The lowest BCUT2D eigenvalue weighted by Gasteiger charge is -2.02. The van der Waals surface area contributed by atoms with Crippen molar-refractivity contribution >= 4 is 17.5 Å². The Balaban J connectivity index is 3.13. The summed E-state index contributed by atoms with van der Waals surface area (Å²) >= 11 is 1.06. The average Bonchev–Trinajstić information content (AvgIpc) is 2.18. The first-order chi connectivity index (χ1) is 6.29. The lowest BCUT2D eigenvalue weighted by Crippen LogP contribution is -1.95. The molecule has 1 aromatic carbocycles. The molecule has 13 heavy (non-hydrogen) atoms. The Kier molecular flexibility index (Phi) is 3.35. The van der Waals surface area contributed by atoms with Crippen LogP contribution in [0, 0.1) is 10.7 Å². The molecule has 0 saturated carbocycles. The van der Waals surface area contributed by atoms with E-state index in [1.165, 1.54) is 0 Å². The summed E-state index contributed by atoms with van der Waals surface area (Å²) in [5, 5.41) is 22.2. The van der Waals surface area contributed by atoms with Gasteiger partial charge in [0.1, 0.15) is 5.40 Å². The van der Waals surface area contributed by atoms with E-state index in [2.05, 4.69) is 5.16 Å². The van der Waals surface area contributed by atoms with E-state index in [1.54, 1.807) is 6.92 Å². The summed E-state index contributed by atoms with van der Waals surface area (Å²) in [7, 11) is 0. The van der Waals surface area contributed by atoms with E-state index in [4.69, 9.17) is 10.5 Å². The number of rotatable bonds is 2. The van der Waals surface area contributed by atoms with Gasteiger partial charge >= 0.3 is 0 Å². The van der Waals surface area contributed by atoms with Crippen molar-refractivity contribution in [3.63, 3.8) is 0 Å². The summed E-state index contributed by atoms with van der Waals surface area (Å²) in [6, 6.07) is 7.31. The fourth-order valence-electron chi connectivity index (χ4n) is 0.958. The van der Waals surface area contributed by atoms with Crippen LogP contribution in [0.1, 0.15) is 12.5 Å². The van der Waals surface area contributed by atoms with Gasteiger partial charge in [-0.1, -0.05) is 23.4 Å². The summed E-state index contributed by atoms with van der Waals surface area (Å²) in [5.41, 5.74) is 1.30. The maximum atomic E-state index is 8.58. The fourth-order valence-corrected chi connectivity index (χ4v) is 1.53. The zero-order valence-corrected chi connectivity index (χ0v) is 7.88. The van der Waals surface area contributed by atoms with Crippen molar-refractivity contribution in [2.75, 3.05) is 0 Å². The predicted molar refractivity (Wildman–Crippen MR) is 51.9 cm³/mol. The zero-order valence-electron chi connectivity index (χ0n) is 7.06. The van der Waals surface area contributed by atoms with E-state index >= 15 is 0 Å². The molecule has 1 aromatic rings. The van der Waals surface area contributed by atoms with Crippen LogP contribution in [0.15, 0.2) is 34.3 Å². The standard InChI is InChI=1S/C9H8N2OS/c1-7(11-12)8-4-2-3-5-9(8)13-6-10/h2-5,12H,1H3. The van der Waals surface area contributed by atoms with Gasteiger partial charge in [-0.15, -0.1) is 0 Å². The second-order valence-corrected chi connectivity index (χ2v) is 3.20. The number of hydrogen-bond acceptors (Lipinski definition) is 4. The van der Waals surface area contributed by atoms with Gasteiger partial charge in [-0.2, -0.15) is 5.26 Å². The molecule has 4 heteroatoms. The highest BCUT2D eigenvalue weighted by Crippen LogP contribution is 2.21. The molecule has 0 spiro atoms. The molecule has 0 amide bonds. The highest BCUT2D eigenvalue weighted by molar-refractivity contribution is 8.03. The van der Waals surface area contributed by atoms with Gasteiger partial charge in [-0.3, -0.25) is 0 Å². The third-order valence-electron chi connectivity index (χ3n) is 1.58. The second-order valence-electron chi connectivity index (χ2n) is 2.37. The molecular formula is C9H8N2OS. The molecule has 0 aliphatic carbocycles. The van der Waals surface area contributed by atoms with E-state index in [1.807, 2.05) is 29.7 Å². The zero-order chi connectivity index (χ0) is 9.68. The van der Waals surface area contributed by atoms with Crippen LogP contribution in [0.2, 0.25) is 0 Å². The molecule has 1 N–H and O–H groups in total. The predicted octanol–water partition coefficient (Wildman–Crippen LogP) is 2.46. The Labute approximate surface area is 80.7 Å². The molecule has 0 unspecified atom stereocenters. The van der Waals surface area contributed by atoms with Gasteiger partial charge in [-0.05, 0) is 24.8 Å². The summed E-state index contributed by atoms with van der Waals surface area (Å²) < 4.78 is 0. The van der Waals surface area contributed by atoms with E-state index in [9.17, 15) is 0 Å². The lowest BCUT2D eigenvalue weighted by atomic mass is 10.1. The third kappa shape index (κ3) is 2.23. The van der Waals surface area contributed by atoms with Crippen molar-refractivity contribution in [3.8, 4) is 5.40 Å². The van der Waals surface area contributed by atoms with Crippen LogP contribution < -0.4 is 0 Å². The summed E-state index contributed by atoms with van der Waals surface area (Å²) in [6.45, 7) is 1.69. The largest absolute Gasteiger partial charge is 0.411 e. The Bertz CT molecular complexity index is 368. The number of hydrogen-bond donors (Lipinski definition) is 1. The molecule has 0 saturated heterocycles. The number of nitriles is 1. The highest BCUT2D eigenvalue weighted by atomic mass is 32.2. The number of benzene rings is 1. The second kappa shape index (κ2) is 4.53. The quantitative estimate of drug-likeness (QED) is 0.257. The van der Waals surface area contributed by atoms with E-state index in [0.29, 0.717) is 5.71 Å². The molecule has 0 aliphatic heterocycles. The first-order valence-electron chi connectivity index (χ1n) is 3.63. The molecule has 0 fully saturated rings. The maximum absolute atomic E-state index is 8.58. The van der Waals surface area contributed by atoms with Gasteiger partial charge in [0.25, 0.3) is 0 Å². The van der Waals surface area contributed by atoms with Crippen molar-refractivity contribution < 1.29 is 5.21 Å². The van der Waals surface area contributed by atoms with E-state index < -0.39 is 0 Å². The summed E-state index contributed by atoms with van der Waals surface area (Å²) in [6.07, 6.45) is 0. The first-order valence-corrected chi connectivity index (χ1v) is 4.45. The molecule has 1 rings (SSSR count). The monoisotopic (exact) mass is 192 g/mol. The van der Waals surface area contributed by atoms with Gasteiger partial charge in [0, 0.05) is 10.5 Å². The van der Waals surface area contributed by atoms with Crippen LogP contribution in [0.3, 0.4) is 0 Å². The SMILES string of the molecule is CC(=NO)c1ccccc1SC#N. The van der Waals surface area contributed by atoms with E-state index in [0.717, 1.165) is 22.2 Å². The van der Waals surface area contributed by atoms with Gasteiger partial charge in [0.15, 0.2) is 0 Å². The molecule has 0 bridgehead atoms. The summed E-state index contributed by atoms with van der Waals surface area (Å²) in [4.78, 5) is 0.806. The minimum Gasteiger partial charge on any atom is -0.411 e. The number of oxime groups is 1. The third-order valence-corrected chi connectivity index (χ3v) is 2.25. The normalized spacial score (nSPS) is 10.9. The molecule has 0 heterocycles. The average molecular weight is 192 g/mol. The van der Waals surface area contributed by atoms with Crippen LogP contribution in [0.4, 0.5) is 0 Å². The van der Waals surface area contributed by atoms with E-state index in [-0.39, 0.29) is 0 Å². The highest BCUT2D eigenvalue weighted by Gasteiger charge is 2.04. The van der Waals surface area contributed by atoms with Crippen LogP contribution in [-0.4, -0.2) is 10.9 Å². The molecule has 66 valence electrons. The molecule has 3 nitrogen and oxygen atoms in total. The van der Waals surface area contributed by atoms with Crippen molar-refractivity contribution in [2.45, 2.75) is 11.8 Å². The van der Waals surface area contributed by atoms with Gasteiger partial charge in [-0.25, -0.2) is 0 Å². The molecular weight excluding hydrogens is 184 g/mol. The Morgan fingerprint density at radius 2 is 2.23 bits per heavy atom. The minimum absolute atomic E-state index is 0.512. The Morgan fingerprint density at radius 3 is 2.85 bits per heavy atom. The van der Waals surface area contributed by atoms with Gasteiger partial charge < -0.3 is 5.21 Å². The minimum atomic E-state index is 0.512. The molecule has 0 aromatic heterocycles. The number of nitrogens with zero attached hydrogens (tertiary/aromatic N) is 2. The topological polar surface area (TPSA) is 56.4 Å².